The maximum absolute atomic E-state index is 12.0. The van der Waals surface area contributed by atoms with Gasteiger partial charge in [0.25, 0.3) is 0 Å². The molecule has 0 bridgehead atoms. The van der Waals surface area contributed by atoms with Gasteiger partial charge in [-0.25, -0.2) is 0 Å². The van der Waals surface area contributed by atoms with Gasteiger partial charge in [0, 0.05) is 29.3 Å². The number of nitrogens with zero attached hydrogens (tertiary/aromatic N) is 1. The third kappa shape index (κ3) is 2.00. The highest BCUT2D eigenvalue weighted by Crippen LogP contribution is 2.36. The summed E-state index contributed by atoms with van der Waals surface area (Å²) in [5.74, 6) is 0.909. The zero-order valence-electron chi connectivity index (χ0n) is 11.1. The Bertz CT molecular complexity index is 728. The van der Waals surface area contributed by atoms with E-state index in [1.54, 1.807) is 11.8 Å². The first kappa shape index (κ1) is 13.2. The molecule has 3 rings (SSSR count). The number of rotatable bonds is 3. The Morgan fingerprint density at radius 2 is 2.05 bits per heavy atom. The van der Waals surface area contributed by atoms with Crippen molar-refractivity contribution >= 4 is 17.4 Å². The van der Waals surface area contributed by atoms with Crippen molar-refractivity contribution in [2.45, 2.75) is 11.3 Å². The van der Waals surface area contributed by atoms with Crippen molar-refractivity contribution in [3.63, 3.8) is 0 Å². The first-order chi connectivity index (χ1) is 9.74. The second-order valence-electron chi connectivity index (χ2n) is 4.79. The third-order valence-corrected chi connectivity index (χ3v) is 4.63. The molecule has 102 valence electrons. The molecule has 1 heterocycles. The minimum atomic E-state index is -0.349. The summed E-state index contributed by atoms with van der Waals surface area (Å²) in [5.41, 5.74) is 1.41. The molecule has 0 aliphatic carbocycles. The molecule has 0 unspecified atom stereocenters. The van der Waals surface area contributed by atoms with Gasteiger partial charge >= 0.3 is 0 Å². The molecule has 3 nitrogen and oxygen atoms in total. The van der Waals surface area contributed by atoms with Gasteiger partial charge in [-0.15, -0.1) is 18.3 Å². The average molecular weight is 285 g/mol. The number of anilines is 1. The van der Waals surface area contributed by atoms with Gasteiger partial charge in [-0.05, 0) is 12.5 Å². The number of hydrogen-bond donors (Lipinski definition) is 0. The van der Waals surface area contributed by atoms with Crippen molar-refractivity contribution < 1.29 is 0 Å². The van der Waals surface area contributed by atoms with Crippen LogP contribution in [0.2, 0.25) is 0 Å². The van der Waals surface area contributed by atoms with Crippen molar-refractivity contribution in [2.24, 2.45) is 0 Å². The summed E-state index contributed by atoms with van der Waals surface area (Å²) in [7, 11) is 0. The number of thioether (sulfide) groups is 1. The molecule has 0 radical (unpaired) electrons. The van der Waals surface area contributed by atoms with E-state index in [9.17, 15) is 9.59 Å². The molecular formula is C16H15NO2S. The predicted molar refractivity (Wildman–Crippen MR) is 84.5 cm³/mol. The Morgan fingerprint density at radius 1 is 1.25 bits per heavy atom. The molecule has 0 fully saturated rings. The molecule has 4 heteroatoms. The van der Waals surface area contributed by atoms with Gasteiger partial charge in [-0.2, -0.15) is 0 Å². The van der Waals surface area contributed by atoms with Crippen LogP contribution in [0.1, 0.15) is 6.42 Å². The van der Waals surface area contributed by atoms with Gasteiger partial charge in [-0.3, -0.25) is 9.59 Å². The average Bonchev–Trinajstić information content (AvgIpc) is 2.46. The highest BCUT2D eigenvalue weighted by atomic mass is 32.2. The van der Waals surface area contributed by atoms with Crippen molar-refractivity contribution in [3.8, 4) is 11.1 Å². The number of benzene rings is 1. The van der Waals surface area contributed by atoms with Crippen molar-refractivity contribution in [2.75, 3.05) is 23.7 Å². The smallest absolute Gasteiger partial charge is 0.250 e. The van der Waals surface area contributed by atoms with E-state index in [2.05, 4.69) is 6.58 Å². The molecule has 0 atom stereocenters. The Balaban J connectivity index is 2.12. The van der Waals surface area contributed by atoms with Crippen LogP contribution < -0.4 is 15.8 Å². The van der Waals surface area contributed by atoms with E-state index in [0.29, 0.717) is 11.3 Å². The van der Waals surface area contributed by atoms with Gasteiger partial charge in [0.2, 0.25) is 10.9 Å². The van der Waals surface area contributed by atoms with Crippen molar-refractivity contribution in [3.05, 3.63) is 57.4 Å². The first-order valence-corrected chi connectivity index (χ1v) is 7.64. The van der Waals surface area contributed by atoms with Crippen molar-refractivity contribution in [1.82, 2.24) is 0 Å². The van der Waals surface area contributed by atoms with Crippen LogP contribution in [0.15, 0.2) is 51.4 Å². The van der Waals surface area contributed by atoms with Crippen LogP contribution in [0, 0.1) is 0 Å². The van der Waals surface area contributed by atoms with Crippen LogP contribution in [0.25, 0.3) is 11.1 Å². The summed E-state index contributed by atoms with van der Waals surface area (Å²) >= 11 is 1.74. The van der Waals surface area contributed by atoms with Crippen LogP contribution >= 0.6 is 11.8 Å². The molecule has 1 aliphatic heterocycles. The zero-order valence-corrected chi connectivity index (χ0v) is 11.9. The van der Waals surface area contributed by atoms with E-state index in [1.807, 2.05) is 35.2 Å². The standard InChI is InChI=1S/C16H15NO2S/c1-2-3-8-17-9-10-20-12-7-5-4-6-11(12)13-14(17)16(19)15(13)18/h2,4-7H,1,3,8-10H2. The largest absolute Gasteiger partial charge is 0.366 e. The second-order valence-corrected chi connectivity index (χ2v) is 5.93. The molecule has 0 amide bonds. The number of fused-ring (bicyclic) bond motifs is 3. The molecule has 0 spiro atoms. The minimum absolute atomic E-state index is 0.342. The van der Waals surface area contributed by atoms with E-state index < -0.39 is 0 Å². The molecular weight excluding hydrogens is 270 g/mol. The fourth-order valence-electron chi connectivity index (χ4n) is 2.58. The van der Waals surface area contributed by atoms with Crippen LogP contribution in [0.4, 0.5) is 5.69 Å². The summed E-state index contributed by atoms with van der Waals surface area (Å²) in [6.07, 6.45) is 2.65. The van der Waals surface area contributed by atoms with E-state index >= 15 is 0 Å². The Morgan fingerprint density at radius 3 is 2.85 bits per heavy atom. The molecule has 2 aromatic carbocycles. The van der Waals surface area contributed by atoms with Crippen LogP contribution in [0.5, 0.6) is 0 Å². The molecule has 2 aromatic rings. The fraction of sp³-hybridized carbons (Fsp3) is 0.250. The lowest BCUT2D eigenvalue weighted by Gasteiger charge is -2.29. The fourth-order valence-corrected chi connectivity index (χ4v) is 3.61. The van der Waals surface area contributed by atoms with Gasteiger partial charge < -0.3 is 4.90 Å². The van der Waals surface area contributed by atoms with Crippen LogP contribution in [0.3, 0.4) is 0 Å². The lowest BCUT2D eigenvalue weighted by molar-refractivity contribution is 0.818. The van der Waals surface area contributed by atoms with E-state index in [4.69, 9.17) is 0 Å². The maximum atomic E-state index is 12.0. The molecule has 20 heavy (non-hydrogen) atoms. The topological polar surface area (TPSA) is 37.4 Å². The molecule has 0 saturated heterocycles. The van der Waals surface area contributed by atoms with Crippen LogP contribution in [-0.4, -0.2) is 18.8 Å². The van der Waals surface area contributed by atoms with Gasteiger partial charge in [0.15, 0.2) is 0 Å². The third-order valence-electron chi connectivity index (χ3n) is 3.58. The summed E-state index contributed by atoms with van der Waals surface area (Å²) < 4.78 is 0. The highest BCUT2D eigenvalue weighted by molar-refractivity contribution is 7.99. The molecule has 0 saturated carbocycles. The first-order valence-electron chi connectivity index (χ1n) is 6.65. The van der Waals surface area contributed by atoms with Crippen LogP contribution in [-0.2, 0) is 0 Å². The Labute approximate surface area is 121 Å². The van der Waals surface area contributed by atoms with E-state index in [1.165, 1.54) is 0 Å². The second kappa shape index (κ2) is 5.29. The minimum Gasteiger partial charge on any atom is -0.366 e. The van der Waals surface area contributed by atoms with Gasteiger partial charge in [0.05, 0.1) is 5.56 Å². The lowest BCUT2D eigenvalue weighted by Crippen LogP contribution is -2.43. The highest BCUT2D eigenvalue weighted by Gasteiger charge is 2.29. The number of hydrogen-bond acceptors (Lipinski definition) is 4. The molecule has 0 aromatic heterocycles. The van der Waals surface area contributed by atoms with E-state index in [0.717, 1.165) is 35.7 Å². The van der Waals surface area contributed by atoms with E-state index in [-0.39, 0.29) is 10.9 Å². The maximum Gasteiger partial charge on any atom is 0.250 e. The van der Waals surface area contributed by atoms with Crippen molar-refractivity contribution in [1.29, 1.82) is 0 Å². The summed E-state index contributed by atoms with van der Waals surface area (Å²) in [6.45, 7) is 5.24. The predicted octanol–water partition coefficient (Wildman–Crippen LogP) is 2.44. The summed E-state index contributed by atoms with van der Waals surface area (Å²) in [4.78, 5) is 27.1. The van der Waals surface area contributed by atoms with Gasteiger partial charge in [0.1, 0.15) is 5.69 Å². The zero-order chi connectivity index (χ0) is 14.1. The Kier molecular flexibility index (Phi) is 3.49. The SMILES string of the molecule is C=CCCN1CCSc2ccccc2-c2c1c(=O)c2=O. The quantitative estimate of drug-likeness (QED) is 0.641. The molecule has 0 N–H and O–H groups in total. The summed E-state index contributed by atoms with van der Waals surface area (Å²) in [6, 6.07) is 7.82. The Hall–Kier alpha value is -1.81. The monoisotopic (exact) mass is 285 g/mol. The molecule has 1 aliphatic rings. The summed E-state index contributed by atoms with van der Waals surface area (Å²) in [5, 5.41) is 0. The normalized spacial score (nSPS) is 14.3. The van der Waals surface area contributed by atoms with Gasteiger partial charge in [-0.1, -0.05) is 24.3 Å². The lowest BCUT2D eigenvalue weighted by atomic mass is 9.97.